The number of anilines is 1. The standard InChI is InChI=1S/C13H20ClN3OS/c1-19-7-5-3-2-4-6-16-13(18)10-8-11(14)17-12(15)9-10/h8-9H,2-7H2,1H3,(H2,15,17)(H,16,18). The number of thioether (sulfide) groups is 1. The maximum absolute atomic E-state index is 11.8. The fourth-order valence-corrected chi connectivity index (χ4v) is 2.39. The van der Waals surface area contributed by atoms with Gasteiger partial charge in [0.25, 0.3) is 5.91 Å². The van der Waals surface area contributed by atoms with Gasteiger partial charge in [0.1, 0.15) is 11.0 Å². The summed E-state index contributed by atoms with van der Waals surface area (Å²) in [6, 6.07) is 3.05. The Labute approximate surface area is 123 Å². The van der Waals surface area contributed by atoms with Crippen molar-refractivity contribution in [2.45, 2.75) is 25.7 Å². The van der Waals surface area contributed by atoms with Crippen LogP contribution in [0.2, 0.25) is 5.15 Å². The molecule has 0 saturated carbocycles. The van der Waals surface area contributed by atoms with Crippen LogP contribution in [0.15, 0.2) is 12.1 Å². The van der Waals surface area contributed by atoms with Crippen LogP contribution in [0, 0.1) is 0 Å². The molecule has 1 aromatic rings. The number of carbonyl (C=O) groups is 1. The molecule has 0 bridgehead atoms. The third-order valence-corrected chi connectivity index (χ3v) is 3.53. The quantitative estimate of drug-likeness (QED) is 0.572. The highest BCUT2D eigenvalue weighted by Gasteiger charge is 2.07. The number of unbranched alkanes of at least 4 members (excludes halogenated alkanes) is 3. The van der Waals surface area contributed by atoms with Gasteiger partial charge in [0.2, 0.25) is 0 Å². The summed E-state index contributed by atoms with van der Waals surface area (Å²) >= 11 is 7.62. The van der Waals surface area contributed by atoms with Crippen LogP contribution >= 0.6 is 23.4 Å². The van der Waals surface area contributed by atoms with Gasteiger partial charge < -0.3 is 11.1 Å². The van der Waals surface area contributed by atoms with Gasteiger partial charge in [0.05, 0.1) is 0 Å². The number of nitrogens with one attached hydrogen (secondary N) is 1. The Hall–Kier alpha value is -0.940. The number of nitrogen functional groups attached to an aromatic ring is 1. The summed E-state index contributed by atoms with van der Waals surface area (Å²) in [5.41, 5.74) is 6.00. The summed E-state index contributed by atoms with van der Waals surface area (Å²) in [6.07, 6.45) is 6.70. The predicted molar refractivity (Wildman–Crippen MR) is 82.8 cm³/mol. The molecule has 1 rings (SSSR count). The normalized spacial score (nSPS) is 10.4. The van der Waals surface area contributed by atoms with Crippen molar-refractivity contribution in [2.24, 2.45) is 0 Å². The predicted octanol–water partition coefficient (Wildman–Crippen LogP) is 2.97. The average Bonchev–Trinajstić information content (AvgIpc) is 2.36. The molecule has 1 heterocycles. The number of nitrogens with two attached hydrogens (primary N) is 1. The molecular formula is C13H20ClN3OS. The molecule has 0 aliphatic heterocycles. The number of pyridine rings is 1. The Kier molecular flexibility index (Phi) is 7.67. The Morgan fingerprint density at radius 2 is 2.11 bits per heavy atom. The van der Waals surface area contributed by atoms with Crippen molar-refractivity contribution in [1.29, 1.82) is 0 Å². The molecule has 0 atom stereocenters. The van der Waals surface area contributed by atoms with Crippen LogP contribution < -0.4 is 11.1 Å². The van der Waals surface area contributed by atoms with Gasteiger partial charge in [0.15, 0.2) is 0 Å². The summed E-state index contributed by atoms with van der Waals surface area (Å²) in [4.78, 5) is 15.6. The first-order chi connectivity index (χ1) is 9.13. The number of hydrogen-bond acceptors (Lipinski definition) is 4. The summed E-state index contributed by atoms with van der Waals surface area (Å²) < 4.78 is 0. The lowest BCUT2D eigenvalue weighted by Gasteiger charge is -2.06. The monoisotopic (exact) mass is 301 g/mol. The van der Waals surface area contributed by atoms with Crippen molar-refractivity contribution in [3.05, 3.63) is 22.8 Å². The van der Waals surface area contributed by atoms with Gasteiger partial charge in [-0.3, -0.25) is 4.79 Å². The largest absolute Gasteiger partial charge is 0.384 e. The molecule has 106 valence electrons. The zero-order valence-corrected chi connectivity index (χ0v) is 12.7. The highest BCUT2D eigenvalue weighted by atomic mass is 35.5. The minimum absolute atomic E-state index is 0.153. The molecule has 0 saturated heterocycles. The van der Waals surface area contributed by atoms with Gasteiger partial charge >= 0.3 is 0 Å². The molecule has 0 unspecified atom stereocenters. The van der Waals surface area contributed by atoms with E-state index >= 15 is 0 Å². The first-order valence-electron chi connectivity index (χ1n) is 6.33. The third-order valence-electron chi connectivity index (χ3n) is 2.64. The molecule has 0 radical (unpaired) electrons. The summed E-state index contributed by atoms with van der Waals surface area (Å²) in [5.74, 6) is 1.32. The number of amides is 1. The van der Waals surface area contributed by atoms with E-state index in [0.29, 0.717) is 12.1 Å². The van der Waals surface area contributed by atoms with Gasteiger partial charge in [0, 0.05) is 12.1 Å². The van der Waals surface area contributed by atoms with Gasteiger partial charge in [-0.05, 0) is 37.0 Å². The van der Waals surface area contributed by atoms with Crippen LogP contribution in [0.5, 0.6) is 0 Å². The molecule has 0 aliphatic carbocycles. The lowest BCUT2D eigenvalue weighted by atomic mass is 10.2. The van der Waals surface area contributed by atoms with Crippen LogP contribution in [0.25, 0.3) is 0 Å². The van der Waals surface area contributed by atoms with Crippen molar-refractivity contribution < 1.29 is 4.79 Å². The summed E-state index contributed by atoms with van der Waals surface area (Å²) in [5, 5.41) is 3.10. The number of nitrogens with zero attached hydrogens (tertiary/aromatic N) is 1. The van der Waals surface area contributed by atoms with Crippen LogP contribution in [0.4, 0.5) is 5.82 Å². The molecule has 1 aromatic heterocycles. The van der Waals surface area contributed by atoms with E-state index in [9.17, 15) is 4.79 Å². The lowest BCUT2D eigenvalue weighted by molar-refractivity contribution is 0.0953. The topological polar surface area (TPSA) is 68.0 Å². The van der Waals surface area contributed by atoms with Gasteiger partial charge in [-0.25, -0.2) is 4.98 Å². The van der Waals surface area contributed by atoms with Gasteiger partial charge in [-0.1, -0.05) is 24.4 Å². The van der Waals surface area contributed by atoms with Crippen LogP contribution in [0.1, 0.15) is 36.0 Å². The molecule has 0 fully saturated rings. The number of aromatic nitrogens is 1. The number of hydrogen-bond donors (Lipinski definition) is 2. The molecule has 19 heavy (non-hydrogen) atoms. The zero-order chi connectivity index (χ0) is 14.1. The highest BCUT2D eigenvalue weighted by molar-refractivity contribution is 7.98. The van der Waals surface area contributed by atoms with E-state index in [0.717, 1.165) is 12.8 Å². The van der Waals surface area contributed by atoms with Gasteiger partial charge in [-0.2, -0.15) is 11.8 Å². The fraction of sp³-hybridized carbons (Fsp3) is 0.538. The van der Waals surface area contributed by atoms with Crippen molar-refractivity contribution in [3.63, 3.8) is 0 Å². The summed E-state index contributed by atoms with van der Waals surface area (Å²) in [6.45, 7) is 0.679. The molecule has 3 N–H and O–H groups in total. The maximum atomic E-state index is 11.8. The van der Waals surface area contributed by atoms with E-state index in [1.54, 1.807) is 0 Å². The lowest BCUT2D eigenvalue weighted by Crippen LogP contribution is -2.24. The van der Waals surface area contributed by atoms with E-state index in [1.165, 1.54) is 30.7 Å². The second kappa shape index (κ2) is 9.04. The summed E-state index contributed by atoms with van der Waals surface area (Å²) in [7, 11) is 0. The van der Waals surface area contributed by atoms with E-state index in [4.69, 9.17) is 17.3 Å². The van der Waals surface area contributed by atoms with Crippen molar-refractivity contribution in [2.75, 3.05) is 24.3 Å². The average molecular weight is 302 g/mol. The van der Waals surface area contributed by atoms with E-state index in [1.807, 2.05) is 11.8 Å². The molecule has 6 heteroatoms. The van der Waals surface area contributed by atoms with Crippen molar-refractivity contribution in [3.8, 4) is 0 Å². The molecular weight excluding hydrogens is 282 g/mol. The number of halogens is 1. The second-order valence-electron chi connectivity index (χ2n) is 4.27. The number of carbonyl (C=O) groups excluding carboxylic acids is 1. The minimum atomic E-state index is -0.153. The fourth-order valence-electron chi connectivity index (χ4n) is 1.68. The van der Waals surface area contributed by atoms with E-state index in [-0.39, 0.29) is 16.9 Å². The van der Waals surface area contributed by atoms with Crippen molar-refractivity contribution in [1.82, 2.24) is 10.3 Å². The Morgan fingerprint density at radius 1 is 1.37 bits per heavy atom. The molecule has 4 nitrogen and oxygen atoms in total. The van der Waals surface area contributed by atoms with Crippen LogP contribution in [0.3, 0.4) is 0 Å². The second-order valence-corrected chi connectivity index (χ2v) is 5.64. The molecule has 0 aromatic carbocycles. The van der Waals surface area contributed by atoms with E-state index < -0.39 is 0 Å². The smallest absolute Gasteiger partial charge is 0.251 e. The minimum Gasteiger partial charge on any atom is -0.384 e. The Bertz CT molecular complexity index is 395. The first kappa shape index (κ1) is 16.1. The van der Waals surface area contributed by atoms with Crippen LogP contribution in [-0.4, -0.2) is 29.4 Å². The molecule has 0 aliphatic rings. The molecule has 0 spiro atoms. The number of rotatable bonds is 8. The molecule has 1 amide bonds. The maximum Gasteiger partial charge on any atom is 0.251 e. The van der Waals surface area contributed by atoms with Crippen molar-refractivity contribution >= 4 is 35.1 Å². The SMILES string of the molecule is CSCCCCCCNC(=O)c1cc(N)nc(Cl)c1. The van der Waals surface area contributed by atoms with Crippen LogP contribution in [-0.2, 0) is 0 Å². The third kappa shape index (κ3) is 6.68. The Balaban J connectivity index is 2.24. The van der Waals surface area contributed by atoms with Gasteiger partial charge in [-0.15, -0.1) is 0 Å². The van der Waals surface area contributed by atoms with E-state index in [2.05, 4.69) is 16.6 Å². The zero-order valence-electron chi connectivity index (χ0n) is 11.1. The highest BCUT2D eigenvalue weighted by Crippen LogP contribution is 2.12. The Morgan fingerprint density at radius 3 is 2.79 bits per heavy atom. The first-order valence-corrected chi connectivity index (χ1v) is 8.11.